The summed E-state index contributed by atoms with van der Waals surface area (Å²) in [6, 6.07) is 11.1. The van der Waals surface area contributed by atoms with Crippen LogP contribution in [0.2, 0.25) is 0 Å². The van der Waals surface area contributed by atoms with Crippen LogP contribution in [-0.4, -0.2) is 57.5 Å². The highest BCUT2D eigenvalue weighted by atomic mass is 32.2. The van der Waals surface area contributed by atoms with Crippen LogP contribution in [0.1, 0.15) is 29.5 Å². The van der Waals surface area contributed by atoms with Crippen molar-refractivity contribution in [1.29, 1.82) is 0 Å². The summed E-state index contributed by atoms with van der Waals surface area (Å²) in [5, 5.41) is 11.1. The Morgan fingerprint density at radius 2 is 1.75 bits per heavy atom. The molecule has 1 N–H and O–H groups in total. The van der Waals surface area contributed by atoms with E-state index in [1.165, 1.54) is 17.3 Å². The predicted octanol–water partition coefficient (Wildman–Crippen LogP) is 3.40. The van der Waals surface area contributed by atoms with E-state index in [0.717, 1.165) is 45.2 Å². The quantitative estimate of drug-likeness (QED) is 0.350. The van der Waals surface area contributed by atoms with Gasteiger partial charge in [-0.3, -0.25) is 15.0 Å². The Morgan fingerprint density at radius 3 is 2.41 bits per heavy atom. The van der Waals surface area contributed by atoms with Gasteiger partial charge in [0.15, 0.2) is 0 Å². The fourth-order valence-corrected chi connectivity index (χ4v) is 5.40. The molecule has 1 aliphatic rings. The smallest absolute Gasteiger partial charge is 0.271 e. The van der Waals surface area contributed by atoms with Gasteiger partial charge in [-0.1, -0.05) is 12.1 Å². The molecule has 9 heteroatoms. The number of benzene rings is 2. The first-order valence-electron chi connectivity index (χ1n) is 11.0. The van der Waals surface area contributed by atoms with Crippen LogP contribution in [0.5, 0.6) is 0 Å². The van der Waals surface area contributed by atoms with Crippen molar-refractivity contribution >= 4 is 21.4 Å². The molecular formula is C23H32N4O4S. The second-order valence-electron chi connectivity index (χ2n) is 8.42. The largest absolute Gasteiger partial charge is 0.369 e. The molecule has 32 heavy (non-hydrogen) atoms. The number of sulfonamides is 1. The second kappa shape index (κ2) is 10.4. The average molecular weight is 461 g/mol. The standard InChI is InChI=1S/C23H32N4O4S/c1-18-7-6-8-21(15-18)26-13-11-25(12-14-26)10-5-4-9-24-32(30,31)23-17-22(27(28)29)16-19(2)20(23)3/h6-8,15-17,24H,4-5,9-14H2,1-3H3. The summed E-state index contributed by atoms with van der Waals surface area (Å²) < 4.78 is 28.0. The summed E-state index contributed by atoms with van der Waals surface area (Å²) >= 11 is 0. The van der Waals surface area contributed by atoms with Gasteiger partial charge in [-0.05, 0) is 69.0 Å². The van der Waals surface area contributed by atoms with Crippen LogP contribution in [0.15, 0.2) is 41.3 Å². The van der Waals surface area contributed by atoms with E-state index < -0.39 is 14.9 Å². The molecule has 0 saturated carbocycles. The van der Waals surface area contributed by atoms with Crippen LogP contribution in [0.25, 0.3) is 0 Å². The third-order valence-corrected chi connectivity index (χ3v) is 7.62. The van der Waals surface area contributed by atoms with Gasteiger partial charge in [0.25, 0.3) is 5.69 Å². The first-order chi connectivity index (χ1) is 15.2. The van der Waals surface area contributed by atoms with Gasteiger partial charge >= 0.3 is 0 Å². The topological polar surface area (TPSA) is 95.8 Å². The summed E-state index contributed by atoms with van der Waals surface area (Å²) in [5.74, 6) is 0. The van der Waals surface area contributed by atoms with Gasteiger partial charge < -0.3 is 4.90 Å². The van der Waals surface area contributed by atoms with Gasteiger partial charge in [0.2, 0.25) is 10.0 Å². The zero-order valence-electron chi connectivity index (χ0n) is 19.0. The monoisotopic (exact) mass is 460 g/mol. The Hall–Kier alpha value is -2.49. The highest BCUT2D eigenvalue weighted by Crippen LogP contribution is 2.25. The Morgan fingerprint density at radius 1 is 1.03 bits per heavy atom. The lowest BCUT2D eigenvalue weighted by molar-refractivity contribution is -0.385. The Bertz CT molecular complexity index is 1060. The van der Waals surface area contributed by atoms with Gasteiger partial charge in [-0.2, -0.15) is 0 Å². The minimum atomic E-state index is -3.79. The van der Waals surface area contributed by atoms with Crippen molar-refractivity contribution in [2.75, 3.05) is 44.2 Å². The molecule has 0 bridgehead atoms. The van der Waals surface area contributed by atoms with E-state index in [1.807, 2.05) is 0 Å². The molecule has 2 aromatic rings. The maximum absolute atomic E-state index is 12.7. The number of hydrogen-bond acceptors (Lipinski definition) is 6. The summed E-state index contributed by atoms with van der Waals surface area (Å²) in [5.41, 5.74) is 3.45. The van der Waals surface area contributed by atoms with Gasteiger partial charge in [-0.25, -0.2) is 13.1 Å². The van der Waals surface area contributed by atoms with Crippen LogP contribution >= 0.6 is 0 Å². The molecule has 0 amide bonds. The maximum Gasteiger partial charge on any atom is 0.271 e. The zero-order chi connectivity index (χ0) is 23.3. The van der Waals surface area contributed by atoms with Gasteiger partial charge in [0, 0.05) is 50.5 Å². The molecule has 0 atom stereocenters. The minimum Gasteiger partial charge on any atom is -0.369 e. The summed E-state index contributed by atoms with van der Waals surface area (Å²) in [6.45, 7) is 10.7. The van der Waals surface area contributed by atoms with Crippen molar-refractivity contribution in [3.8, 4) is 0 Å². The van der Waals surface area contributed by atoms with Crippen LogP contribution in [0, 0.1) is 30.9 Å². The predicted molar refractivity (Wildman–Crippen MR) is 127 cm³/mol. The van der Waals surface area contributed by atoms with E-state index in [4.69, 9.17) is 0 Å². The summed E-state index contributed by atoms with van der Waals surface area (Å²) in [6.07, 6.45) is 1.60. The SMILES string of the molecule is Cc1cccc(N2CCN(CCCCNS(=O)(=O)c3cc([N+](=O)[O-])cc(C)c3C)CC2)c1. The van der Waals surface area contributed by atoms with Crippen LogP contribution in [0.4, 0.5) is 11.4 Å². The molecule has 174 valence electrons. The normalized spacial score (nSPS) is 15.2. The van der Waals surface area contributed by atoms with Gasteiger partial charge in [-0.15, -0.1) is 0 Å². The van der Waals surface area contributed by atoms with Crippen LogP contribution in [-0.2, 0) is 10.0 Å². The van der Waals surface area contributed by atoms with Crippen LogP contribution < -0.4 is 9.62 Å². The number of unbranched alkanes of at least 4 members (excludes halogenated alkanes) is 1. The Balaban J connectivity index is 1.44. The van der Waals surface area contributed by atoms with Crippen LogP contribution in [0.3, 0.4) is 0 Å². The van der Waals surface area contributed by atoms with Crippen molar-refractivity contribution in [2.45, 2.75) is 38.5 Å². The van der Waals surface area contributed by atoms with Gasteiger partial charge in [0.05, 0.1) is 9.82 Å². The van der Waals surface area contributed by atoms with E-state index in [2.05, 4.69) is 45.7 Å². The Kier molecular flexibility index (Phi) is 7.86. The molecule has 3 rings (SSSR count). The first-order valence-corrected chi connectivity index (χ1v) is 12.4. The highest BCUT2D eigenvalue weighted by Gasteiger charge is 2.22. The molecule has 0 aromatic heterocycles. The lowest BCUT2D eigenvalue weighted by Crippen LogP contribution is -2.46. The Labute approximate surface area is 190 Å². The van der Waals surface area contributed by atoms with E-state index in [0.29, 0.717) is 24.1 Å². The average Bonchev–Trinajstić information content (AvgIpc) is 2.75. The van der Waals surface area contributed by atoms with E-state index in [9.17, 15) is 18.5 Å². The molecule has 1 aliphatic heterocycles. The zero-order valence-corrected chi connectivity index (χ0v) is 19.8. The van der Waals surface area contributed by atoms with Crippen molar-refractivity contribution in [1.82, 2.24) is 9.62 Å². The van der Waals surface area contributed by atoms with Gasteiger partial charge in [0.1, 0.15) is 0 Å². The number of piperazine rings is 1. The molecule has 0 radical (unpaired) electrons. The number of nitrogens with zero attached hydrogens (tertiary/aromatic N) is 3. The maximum atomic E-state index is 12.7. The number of aryl methyl sites for hydroxylation is 2. The van der Waals surface area contributed by atoms with E-state index in [-0.39, 0.29) is 10.6 Å². The fourth-order valence-electron chi connectivity index (χ4n) is 3.99. The molecule has 2 aromatic carbocycles. The lowest BCUT2D eigenvalue weighted by atomic mass is 10.1. The number of nitro benzene ring substituents is 1. The first kappa shape index (κ1) is 24.2. The highest BCUT2D eigenvalue weighted by molar-refractivity contribution is 7.89. The number of nitro groups is 1. The van der Waals surface area contributed by atoms with Crippen molar-refractivity contribution in [3.05, 3.63) is 63.2 Å². The molecule has 0 aliphatic carbocycles. The third kappa shape index (κ3) is 6.05. The van der Waals surface area contributed by atoms with E-state index >= 15 is 0 Å². The molecule has 0 spiro atoms. The fraction of sp³-hybridized carbons (Fsp3) is 0.478. The number of nitrogens with one attached hydrogen (secondary N) is 1. The van der Waals surface area contributed by atoms with Crippen molar-refractivity contribution < 1.29 is 13.3 Å². The molecule has 1 fully saturated rings. The number of anilines is 1. The molecule has 1 saturated heterocycles. The third-order valence-electron chi connectivity index (χ3n) is 6.04. The number of hydrogen-bond donors (Lipinski definition) is 1. The second-order valence-corrected chi connectivity index (χ2v) is 10.2. The summed E-state index contributed by atoms with van der Waals surface area (Å²) in [4.78, 5) is 15.3. The van der Waals surface area contributed by atoms with Crippen molar-refractivity contribution in [3.63, 3.8) is 0 Å². The molecular weight excluding hydrogens is 428 g/mol. The van der Waals surface area contributed by atoms with E-state index in [1.54, 1.807) is 13.8 Å². The molecule has 8 nitrogen and oxygen atoms in total. The number of non-ortho nitro benzene ring substituents is 1. The summed E-state index contributed by atoms with van der Waals surface area (Å²) in [7, 11) is -3.79. The molecule has 0 unspecified atom stereocenters. The number of rotatable bonds is 9. The minimum absolute atomic E-state index is 0.0172. The molecule has 1 heterocycles. The lowest BCUT2D eigenvalue weighted by Gasteiger charge is -2.36. The van der Waals surface area contributed by atoms with Crippen molar-refractivity contribution in [2.24, 2.45) is 0 Å².